The molecule has 0 aliphatic heterocycles. The maximum atomic E-state index is 12.3. The van der Waals surface area contributed by atoms with Crippen molar-refractivity contribution in [3.8, 4) is 6.07 Å². The van der Waals surface area contributed by atoms with Gasteiger partial charge in [-0.2, -0.15) is 5.26 Å². The average Bonchev–Trinajstić information content (AvgIpc) is 2.93. The highest BCUT2D eigenvalue weighted by Gasteiger charge is 2.17. The first kappa shape index (κ1) is 20.0. The van der Waals surface area contributed by atoms with Crippen molar-refractivity contribution in [2.45, 2.75) is 13.5 Å². The third-order valence-electron chi connectivity index (χ3n) is 4.67. The molecule has 0 saturated carbocycles. The first-order valence-corrected chi connectivity index (χ1v) is 9.44. The van der Waals surface area contributed by atoms with Gasteiger partial charge in [0.15, 0.2) is 0 Å². The molecule has 4 nitrogen and oxygen atoms in total. The maximum absolute atomic E-state index is 12.3. The topological polar surface area (TPSA) is 49.0 Å². The highest BCUT2D eigenvalue weighted by molar-refractivity contribution is 6.35. The summed E-state index contributed by atoms with van der Waals surface area (Å²) < 4.78 is 2.13. The van der Waals surface area contributed by atoms with Crippen LogP contribution in [-0.4, -0.2) is 29.5 Å². The average molecular weight is 412 g/mol. The number of carbonyl (C=O) groups is 1. The van der Waals surface area contributed by atoms with E-state index in [1.807, 2.05) is 49.4 Å². The van der Waals surface area contributed by atoms with Crippen LogP contribution in [0.5, 0.6) is 0 Å². The Hall–Kier alpha value is -2.74. The van der Waals surface area contributed by atoms with Gasteiger partial charge in [0.05, 0.1) is 0 Å². The van der Waals surface area contributed by atoms with Gasteiger partial charge in [0, 0.05) is 52.8 Å². The van der Waals surface area contributed by atoms with Crippen LogP contribution in [0.3, 0.4) is 0 Å². The van der Waals surface area contributed by atoms with Crippen molar-refractivity contribution in [2.24, 2.45) is 0 Å². The molecule has 1 aromatic heterocycles. The summed E-state index contributed by atoms with van der Waals surface area (Å²) >= 11 is 12.4. The highest BCUT2D eigenvalue weighted by atomic mass is 35.5. The molecule has 2 aromatic carbocycles. The molecule has 3 rings (SSSR count). The number of hydrogen-bond acceptors (Lipinski definition) is 2. The van der Waals surface area contributed by atoms with Crippen molar-refractivity contribution in [1.29, 1.82) is 5.26 Å². The van der Waals surface area contributed by atoms with Crippen LogP contribution >= 0.6 is 23.2 Å². The van der Waals surface area contributed by atoms with Gasteiger partial charge in [0.25, 0.3) is 5.91 Å². The third kappa shape index (κ3) is 3.77. The standard InChI is InChI=1S/C22H19Cl2N3O/c1-14-19(10-16(12-25)22(28)26(2)3)18-6-4-5-7-21(18)27(14)13-15-8-9-17(23)11-20(15)24/h4-11H,13H2,1-3H3/b16-10-. The van der Waals surface area contributed by atoms with Crippen LogP contribution in [0.4, 0.5) is 0 Å². The number of halogens is 2. The summed E-state index contributed by atoms with van der Waals surface area (Å²) in [6.07, 6.45) is 1.67. The minimum absolute atomic E-state index is 0.0977. The second-order valence-corrected chi connectivity index (χ2v) is 7.55. The zero-order valence-corrected chi connectivity index (χ0v) is 17.3. The first-order chi connectivity index (χ1) is 13.3. The van der Waals surface area contributed by atoms with Crippen molar-refractivity contribution in [3.05, 3.63) is 74.9 Å². The van der Waals surface area contributed by atoms with E-state index in [1.165, 1.54) is 4.90 Å². The lowest BCUT2D eigenvalue weighted by Gasteiger charge is -2.11. The summed E-state index contributed by atoms with van der Waals surface area (Å²) in [4.78, 5) is 13.7. The van der Waals surface area contributed by atoms with E-state index in [0.717, 1.165) is 27.7 Å². The number of aromatic nitrogens is 1. The van der Waals surface area contributed by atoms with E-state index < -0.39 is 0 Å². The predicted octanol–water partition coefficient (Wildman–Crippen LogP) is 5.30. The fourth-order valence-corrected chi connectivity index (χ4v) is 3.66. The zero-order chi connectivity index (χ0) is 20.4. The van der Waals surface area contributed by atoms with E-state index in [4.69, 9.17) is 23.2 Å². The summed E-state index contributed by atoms with van der Waals surface area (Å²) in [5.41, 5.74) is 3.85. The predicted molar refractivity (Wildman–Crippen MR) is 115 cm³/mol. The van der Waals surface area contributed by atoms with Gasteiger partial charge in [-0.15, -0.1) is 0 Å². The summed E-state index contributed by atoms with van der Waals surface area (Å²) in [6.45, 7) is 2.53. The molecule has 6 heteroatoms. The normalized spacial score (nSPS) is 11.5. The van der Waals surface area contributed by atoms with Crippen molar-refractivity contribution in [3.63, 3.8) is 0 Å². The number of amides is 1. The Morgan fingerprint density at radius 1 is 1.21 bits per heavy atom. The van der Waals surface area contributed by atoms with Crippen molar-refractivity contribution >= 4 is 46.1 Å². The molecular formula is C22H19Cl2N3O. The Kier molecular flexibility index (Phi) is 5.79. The number of para-hydroxylation sites is 1. The van der Waals surface area contributed by atoms with Gasteiger partial charge >= 0.3 is 0 Å². The van der Waals surface area contributed by atoms with E-state index in [0.29, 0.717) is 16.6 Å². The largest absolute Gasteiger partial charge is 0.344 e. The molecule has 28 heavy (non-hydrogen) atoms. The minimum atomic E-state index is -0.320. The molecule has 0 unspecified atom stereocenters. The van der Waals surface area contributed by atoms with Crippen LogP contribution in [0.2, 0.25) is 10.0 Å². The number of nitriles is 1. The molecule has 142 valence electrons. The Bertz CT molecular complexity index is 1140. The fourth-order valence-electron chi connectivity index (χ4n) is 3.19. The van der Waals surface area contributed by atoms with E-state index in [2.05, 4.69) is 4.57 Å². The fraction of sp³-hybridized carbons (Fsp3) is 0.182. The van der Waals surface area contributed by atoms with Gasteiger partial charge < -0.3 is 9.47 Å². The zero-order valence-electron chi connectivity index (χ0n) is 15.8. The number of fused-ring (bicyclic) bond motifs is 1. The van der Waals surface area contributed by atoms with Gasteiger partial charge in [-0.1, -0.05) is 47.5 Å². The number of nitrogens with zero attached hydrogens (tertiary/aromatic N) is 3. The van der Waals surface area contributed by atoms with E-state index in [1.54, 1.807) is 26.2 Å². The van der Waals surface area contributed by atoms with Crippen molar-refractivity contribution < 1.29 is 4.79 Å². The second kappa shape index (κ2) is 8.10. The lowest BCUT2D eigenvalue weighted by Crippen LogP contribution is -2.22. The molecule has 0 aliphatic carbocycles. The molecule has 0 aliphatic rings. The summed E-state index contributed by atoms with van der Waals surface area (Å²) in [5, 5.41) is 11.6. The van der Waals surface area contributed by atoms with Crippen LogP contribution in [0.25, 0.3) is 17.0 Å². The molecule has 0 atom stereocenters. The molecule has 0 spiro atoms. The summed E-state index contributed by atoms with van der Waals surface area (Å²) in [7, 11) is 3.26. The van der Waals surface area contributed by atoms with Crippen molar-refractivity contribution in [2.75, 3.05) is 14.1 Å². The van der Waals surface area contributed by atoms with Crippen LogP contribution in [0, 0.1) is 18.3 Å². The Morgan fingerprint density at radius 3 is 2.57 bits per heavy atom. The van der Waals surface area contributed by atoms with E-state index in [9.17, 15) is 10.1 Å². The van der Waals surface area contributed by atoms with Crippen LogP contribution in [0.15, 0.2) is 48.0 Å². The van der Waals surface area contributed by atoms with Crippen LogP contribution in [-0.2, 0) is 11.3 Å². The summed E-state index contributed by atoms with van der Waals surface area (Å²) in [6, 6.07) is 15.4. The molecule has 1 heterocycles. The molecule has 3 aromatic rings. The lowest BCUT2D eigenvalue weighted by atomic mass is 10.1. The Balaban J connectivity index is 2.17. The molecule has 0 fully saturated rings. The molecule has 0 saturated heterocycles. The number of rotatable bonds is 4. The van der Waals surface area contributed by atoms with E-state index in [-0.39, 0.29) is 11.5 Å². The molecule has 0 N–H and O–H groups in total. The van der Waals surface area contributed by atoms with E-state index >= 15 is 0 Å². The Labute approximate surface area is 174 Å². The van der Waals surface area contributed by atoms with Gasteiger partial charge in [-0.05, 0) is 36.8 Å². The smallest absolute Gasteiger partial charge is 0.264 e. The second-order valence-electron chi connectivity index (χ2n) is 6.71. The van der Waals surface area contributed by atoms with Crippen LogP contribution < -0.4 is 0 Å². The monoisotopic (exact) mass is 411 g/mol. The van der Waals surface area contributed by atoms with Gasteiger partial charge in [-0.3, -0.25) is 4.79 Å². The molecule has 1 amide bonds. The SMILES string of the molecule is Cc1c(/C=C(/C#N)C(=O)N(C)C)c2ccccc2n1Cc1ccc(Cl)cc1Cl. The van der Waals surface area contributed by atoms with Crippen molar-refractivity contribution in [1.82, 2.24) is 9.47 Å². The number of hydrogen-bond donors (Lipinski definition) is 0. The Morgan fingerprint density at radius 2 is 1.93 bits per heavy atom. The van der Waals surface area contributed by atoms with Gasteiger partial charge in [-0.25, -0.2) is 0 Å². The molecular weight excluding hydrogens is 393 g/mol. The quantitative estimate of drug-likeness (QED) is 0.431. The summed E-state index contributed by atoms with van der Waals surface area (Å²) in [5.74, 6) is -0.320. The minimum Gasteiger partial charge on any atom is -0.344 e. The third-order valence-corrected chi connectivity index (χ3v) is 5.26. The first-order valence-electron chi connectivity index (χ1n) is 8.68. The number of benzene rings is 2. The van der Waals surface area contributed by atoms with Gasteiger partial charge in [0.1, 0.15) is 11.6 Å². The molecule has 0 bridgehead atoms. The maximum Gasteiger partial charge on any atom is 0.264 e. The van der Waals surface area contributed by atoms with Crippen LogP contribution in [0.1, 0.15) is 16.8 Å². The highest BCUT2D eigenvalue weighted by Crippen LogP contribution is 2.30. The molecule has 0 radical (unpaired) electrons. The van der Waals surface area contributed by atoms with Gasteiger partial charge in [0.2, 0.25) is 0 Å². The number of likely N-dealkylation sites (N-methyl/N-ethyl adjacent to an activating group) is 1. The lowest BCUT2D eigenvalue weighted by molar-refractivity contribution is -0.124. The number of carbonyl (C=O) groups excluding carboxylic acids is 1.